The highest BCUT2D eigenvalue weighted by Crippen LogP contribution is 2.10. The number of hydrogen-bond donors (Lipinski definition) is 1. The summed E-state index contributed by atoms with van der Waals surface area (Å²) in [5.74, 6) is -0.672. The number of rotatable bonds is 5. The number of hydrogen-bond acceptors (Lipinski definition) is 2. The van der Waals surface area contributed by atoms with Crippen LogP contribution in [0.3, 0.4) is 0 Å². The van der Waals surface area contributed by atoms with Crippen LogP contribution in [0.5, 0.6) is 0 Å². The number of nitrogens with one attached hydrogen (secondary N) is 1. The van der Waals surface area contributed by atoms with Crippen LogP contribution >= 0.6 is 0 Å². The molecule has 1 amide bonds. The van der Waals surface area contributed by atoms with Crippen molar-refractivity contribution in [2.45, 2.75) is 6.92 Å². The van der Waals surface area contributed by atoms with E-state index in [4.69, 9.17) is 0 Å². The minimum Gasteiger partial charge on any atom is -0.448 e. The van der Waals surface area contributed by atoms with Crippen molar-refractivity contribution in [1.82, 2.24) is 10.2 Å². The van der Waals surface area contributed by atoms with E-state index in [1.807, 2.05) is 0 Å². The van der Waals surface area contributed by atoms with Crippen LogP contribution in [0.4, 0.5) is 12.9 Å². The zero-order valence-electron chi connectivity index (χ0n) is 8.56. The Morgan fingerprint density at radius 3 is 2.36 bits per heavy atom. The summed E-state index contributed by atoms with van der Waals surface area (Å²) >= 11 is 0. The normalized spacial score (nSPS) is 14.2. The number of amides is 1. The summed E-state index contributed by atoms with van der Waals surface area (Å²) < 4.78 is 35.9. The van der Waals surface area contributed by atoms with Crippen LogP contribution in [0.2, 0.25) is 0 Å². The minimum absolute atomic E-state index is 0.112. The third-order valence-corrected chi connectivity index (χ3v) is 1.80. The van der Waals surface area contributed by atoms with Crippen molar-refractivity contribution in [3.63, 3.8) is 0 Å². The predicted molar refractivity (Wildman–Crippen MR) is 49.8 cm³/mol. The Hall–Kier alpha value is -0.715. The Balaban J connectivity index is 3.94. The van der Waals surface area contributed by atoms with Crippen molar-refractivity contribution in [1.29, 1.82) is 0 Å². The van der Waals surface area contributed by atoms with Crippen LogP contribution in [0.1, 0.15) is 6.92 Å². The quantitative estimate of drug-likeness (QED) is 0.678. The second kappa shape index (κ2) is 5.24. The second-order valence-electron chi connectivity index (χ2n) is 3.45. The molecular weight excluding hydrogens is 196 g/mol. The molecule has 0 spiro atoms. The Morgan fingerprint density at radius 2 is 2.00 bits per heavy atom. The Morgan fingerprint density at radius 1 is 1.50 bits per heavy atom. The van der Waals surface area contributed by atoms with Gasteiger partial charge in [-0.1, -0.05) is 6.92 Å². The minimum atomic E-state index is -4.81. The average Bonchev–Trinajstić information content (AvgIpc) is 1.99. The van der Waals surface area contributed by atoms with E-state index in [9.17, 15) is 17.7 Å². The number of carbonyl (C=O) groups is 1. The fourth-order valence-electron chi connectivity index (χ4n) is 1.22. The van der Waals surface area contributed by atoms with Gasteiger partial charge in [-0.3, -0.25) is 4.79 Å². The largest absolute Gasteiger partial charge is 0.492 e. The topological polar surface area (TPSA) is 32.3 Å². The van der Waals surface area contributed by atoms with Gasteiger partial charge in [0.25, 0.3) is 0 Å². The van der Waals surface area contributed by atoms with Crippen molar-refractivity contribution in [3.05, 3.63) is 0 Å². The van der Waals surface area contributed by atoms with Crippen molar-refractivity contribution >= 4 is 12.9 Å². The third-order valence-electron chi connectivity index (χ3n) is 1.80. The predicted octanol–water partition coefficient (Wildman–Crippen LogP) is 0.687. The fraction of sp³-hybridized carbons (Fsp3) is 0.857. The molecule has 0 heterocycles. The molecule has 0 rings (SSSR count). The van der Waals surface area contributed by atoms with E-state index in [2.05, 4.69) is 5.32 Å². The van der Waals surface area contributed by atoms with Crippen molar-refractivity contribution in [3.8, 4) is 0 Å². The molecule has 84 valence electrons. The number of nitrogens with zero attached hydrogens (tertiary/aromatic N) is 1. The van der Waals surface area contributed by atoms with Crippen LogP contribution in [0, 0.1) is 5.92 Å². The lowest BCUT2D eigenvalue weighted by molar-refractivity contribution is -0.124. The molecule has 0 aliphatic rings. The van der Waals surface area contributed by atoms with Gasteiger partial charge >= 0.3 is 6.98 Å². The summed E-state index contributed by atoms with van der Waals surface area (Å²) in [5.41, 5.74) is 0. The molecule has 0 aromatic carbocycles. The molecule has 7 heteroatoms. The highest BCUT2D eigenvalue weighted by atomic mass is 19.4. The maximum Gasteiger partial charge on any atom is 0.492 e. The van der Waals surface area contributed by atoms with Gasteiger partial charge in [-0.05, 0) is 13.5 Å². The van der Waals surface area contributed by atoms with E-state index < -0.39 is 19.3 Å². The van der Waals surface area contributed by atoms with Gasteiger partial charge < -0.3 is 23.2 Å². The second-order valence-corrected chi connectivity index (χ2v) is 3.45. The van der Waals surface area contributed by atoms with E-state index in [0.29, 0.717) is 0 Å². The smallest absolute Gasteiger partial charge is 0.448 e. The molecule has 0 radical (unpaired) electrons. The monoisotopic (exact) mass is 211 g/mol. The van der Waals surface area contributed by atoms with Gasteiger partial charge in [0.05, 0.1) is 0 Å². The molecule has 0 aromatic rings. The molecule has 0 saturated carbocycles. The lowest BCUT2D eigenvalue weighted by Gasteiger charge is -2.25. The van der Waals surface area contributed by atoms with Gasteiger partial charge in [0.2, 0.25) is 5.91 Å². The maximum absolute atomic E-state index is 12.0. The van der Waals surface area contributed by atoms with Gasteiger partial charge in [0.15, 0.2) is 0 Å². The van der Waals surface area contributed by atoms with E-state index in [-0.39, 0.29) is 12.5 Å². The first-order valence-corrected chi connectivity index (χ1v) is 4.37. The lowest BCUT2D eigenvalue weighted by Crippen LogP contribution is -2.40. The van der Waals surface area contributed by atoms with Gasteiger partial charge in [0, 0.05) is 19.5 Å². The van der Waals surface area contributed by atoms with E-state index >= 15 is 0 Å². The van der Waals surface area contributed by atoms with Gasteiger partial charge in [-0.2, -0.15) is 0 Å². The molecule has 0 bridgehead atoms. The SMILES string of the molecule is CNC(=O)C(C)CN(C)C[B-](F)(F)F. The summed E-state index contributed by atoms with van der Waals surface area (Å²) in [6.45, 7) is -3.10. The van der Waals surface area contributed by atoms with E-state index in [1.165, 1.54) is 14.1 Å². The summed E-state index contributed by atoms with van der Waals surface area (Å²) in [6, 6.07) is 0. The molecule has 0 saturated heterocycles. The van der Waals surface area contributed by atoms with Crippen molar-refractivity contribution in [2.75, 3.05) is 27.1 Å². The molecule has 3 nitrogen and oxygen atoms in total. The molecule has 14 heavy (non-hydrogen) atoms. The van der Waals surface area contributed by atoms with Crippen LogP contribution in [-0.2, 0) is 4.79 Å². The summed E-state index contributed by atoms with van der Waals surface area (Å²) in [6.07, 6.45) is -0.929. The molecule has 0 aliphatic heterocycles. The molecule has 1 atom stereocenters. The molecular formula is C7H15BF3N2O-. The van der Waals surface area contributed by atoms with Crippen LogP contribution in [-0.4, -0.2) is 44.9 Å². The highest BCUT2D eigenvalue weighted by molar-refractivity contribution is 6.58. The zero-order valence-corrected chi connectivity index (χ0v) is 8.56. The van der Waals surface area contributed by atoms with Gasteiger partial charge in [-0.15, -0.1) is 0 Å². The third kappa shape index (κ3) is 5.85. The van der Waals surface area contributed by atoms with E-state index in [0.717, 1.165) is 4.90 Å². The standard InChI is InChI=1S/C7H15BF3N2O/c1-6(7(14)12-2)4-13(3)5-8(9,10)11/h6H,4-5H2,1-3H3,(H,12,14)/q-1. The molecule has 0 aliphatic carbocycles. The molecule has 1 N–H and O–H groups in total. The van der Waals surface area contributed by atoms with E-state index in [1.54, 1.807) is 6.92 Å². The number of halogens is 3. The highest BCUT2D eigenvalue weighted by Gasteiger charge is 2.26. The van der Waals surface area contributed by atoms with Crippen LogP contribution < -0.4 is 5.32 Å². The first-order valence-electron chi connectivity index (χ1n) is 4.37. The van der Waals surface area contributed by atoms with Gasteiger partial charge in [0.1, 0.15) is 0 Å². The fourth-order valence-corrected chi connectivity index (χ4v) is 1.22. The Bertz CT molecular complexity index is 198. The molecule has 0 aromatic heterocycles. The summed E-state index contributed by atoms with van der Waals surface area (Å²) in [7, 11) is 2.82. The maximum atomic E-state index is 12.0. The zero-order chi connectivity index (χ0) is 11.4. The average molecular weight is 211 g/mol. The summed E-state index contributed by atoms with van der Waals surface area (Å²) in [4.78, 5) is 12.1. The Kier molecular flexibility index (Phi) is 4.97. The number of carbonyl (C=O) groups excluding carboxylic acids is 1. The van der Waals surface area contributed by atoms with Crippen LogP contribution in [0.15, 0.2) is 0 Å². The first-order chi connectivity index (χ1) is 6.26. The molecule has 0 fully saturated rings. The summed E-state index contributed by atoms with van der Waals surface area (Å²) in [5, 5.41) is 2.39. The van der Waals surface area contributed by atoms with Gasteiger partial charge in [-0.25, -0.2) is 0 Å². The Labute approximate surface area is 81.7 Å². The van der Waals surface area contributed by atoms with Crippen molar-refractivity contribution < 1.29 is 17.7 Å². The van der Waals surface area contributed by atoms with Crippen LogP contribution in [0.25, 0.3) is 0 Å². The lowest BCUT2D eigenvalue weighted by atomic mass is 9.91. The molecule has 1 unspecified atom stereocenters. The van der Waals surface area contributed by atoms with Crippen molar-refractivity contribution in [2.24, 2.45) is 5.92 Å². The first kappa shape index (κ1) is 13.3.